The van der Waals surface area contributed by atoms with Crippen LogP contribution in [0.25, 0.3) is 0 Å². The first-order valence-corrected chi connectivity index (χ1v) is 7.19. The van der Waals surface area contributed by atoms with Gasteiger partial charge in [0.25, 0.3) is 0 Å². The maximum atomic E-state index is 12.0. The van der Waals surface area contributed by atoms with Gasteiger partial charge < -0.3 is 0 Å². The molecular formula is C11H16O5S. The molecule has 6 heteroatoms. The highest BCUT2D eigenvalue weighted by Crippen LogP contribution is 2.89. The fourth-order valence-corrected chi connectivity index (χ4v) is 5.11. The topological polar surface area (TPSA) is 80.7 Å². The van der Waals surface area contributed by atoms with Crippen LogP contribution in [0.1, 0.15) is 33.1 Å². The second-order valence-corrected chi connectivity index (χ2v) is 7.24. The van der Waals surface area contributed by atoms with Gasteiger partial charge in [-0.15, -0.1) is 0 Å². The third-order valence-corrected chi connectivity index (χ3v) is 6.13. The normalized spacial score (nSPS) is 46.1. The van der Waals surface area contributed by atoms with Gasteiger partial charge in [-0.3, -0.25) is 9.35 Å². The minimum atomic E-state index is -4.46. The molecule has 3 atom stereocenters. The molecule has 1 spiro atoms. The van der Waals surface area contributed by atoms with Gasteiger partial charge in [0, 0.05) is 6.42 Å². The third-order valence-electron chi connectivity index (χ3n) is 5.71. The minimum absolute atomic E-state index is 0.0677. The van der Waals surface area contributed by atoms with Gasteiger partial charge in [-0.05, 0) is 29.6 Å². The lowest BCUT2D eigenvalue weighted by atomic mass is 9.54. The first kappa shape index (κ1) is 11.6. The molecular weight excluding hydrogens is 244 g/mol. The second kappa shape index (κ2) is 2.75. The summed E-state index contributed by atoms with van der Waals surface area (Å²) in [5, 5.41) is 0. The summed E-state index contributed by atoms with van der Waals surface area (Å²) in [6.45, 7) is 4.07. The molecule has 0 aliphatic heterocycles. The molecule has 0 aromatic rings. The van der Waals surface area contributed by atoms with Crippen molar-refractivity contribution in [3.8, 4) is 0 Å². The van der Waals surface area contributed by atoms with E-state index in [0.717, 1.165) is 6.42 Å². The summed E-state index contributed by atoms with van der Waals surface area (Å²) < 4.78 is 34.5. The lowest BCUT2D eigenvalue weighted by molar-refractivity contribution is -0.144. The molecule has 3 saturated carbocycles. The van der Waals surface area contributed by atoms with Gasteiger partial charge in [-0.2, -0.15) is 8.42 Å². The van der Waals surface area contributed by atoms with Crippen molar-refractivity contribution in [2.45, 2.75) is 33.1 Å². The number of carbonyl (C=O) groups excluding carboxylic acids is 1. The number of carbonyl (C=O) groups is 1. The summed E-state index contributed by atoms with van der Waals surface area (Å²) in [4.78, 5) is 12.0. The largest absolute Gasteiger partial charge is 0.397 e. The van der Waals surface area contributed by atoms with E-state index in [9.17, 15) is 13.2 Å². The van der Waals surface area contributed by atoms with E-state index in [-0.39, 0.29) is 23.2 Å². The molecule has 96 valence electrons. The summed E-state index contributed by atoms with van der Waals surface area (Å²) in [5.41, 5.74) is -0.625. The van der Waals surface area contributed by atoms with E-state index in [1.807, 2.05) is 0 Å². The summed E-state index contributed by atoms with van der Waals surface area (Å²) in [6, 6.07) is 0. The van der Waals surface area contributed by atoms with Crippen LogP contribution in [0.4, 0.5) is 0 Å². The van der Waals surface area contributed by atoms with Crippen molar-refractivity contribution in [3.05, 3.63) is 0 Å². The maximum Gasteiger partial charge on any atom is 0.397 e. The number of ketones is 1. The van der Waals surface area contributed by atoms with Crippen LogP contribution in [0.3, 0.4) is 0 Å². The Morgan fingerprint density at radius 3 is 2.53 bits per heavy atom. The smallest absolute Gasteiger partial charge is 0.299 e. The summed E-state index contributed by atoms with van der Waals surface area (Å²) in [7, 11) is -4.46. The fourth-order valence-electron chi connectivity index (χ4n) is 4.76. The van der Waals surface area contributed by atoms with Crippen LogP contribution in [-0.2, 0) is 19.4 Å². The van der Waals surface area contributed by atoms with Crippen molar-refractivity contribution in [1.29, 1.82) is 0 Å². The zero-order chi connectivity index (χ0) is 12.7. The van der Waals surface area contributed by atoms with Crippen molar-refractivity contribution in [1.82, 2.24) is 0 Å². The zero-order valence-electron chi connectivity index (χ0n) is 9.89. The van der Waals surface area contributed by atoms with Crippen LogP contribution in [0.2, 0.25) is 0 Å². The van der Waals surface area contributed by atoms with Gasteiger partial charge in [0.1, 0.15) is 5.78 Å². The lowest BCUT2D eigenvalue weighted by Gasteiger charge is -2.49. The molecule has 1 N–H and O–H groups in total. The van der Waals surface area contributed by atoms with Crippen molar-refractivity contribution in [3.63, 3.8) is 0 Å². The van der Waals surface area contributed by atoms with Gasteiger partial charge in [-0.1, -0.05) is 13.8 Å². The van der Waals surface area contributed by atoms with E-state index in [0.29, 0.717) is 18.8 Å². The van der Waals surface area contributed by atoms with Gasteiger partial charge in [0.05, 0.1) is 12.0 Å². The van der Waals surface area contributed by atoms with E-state index in [1.54, 1.807) is 0 Å². The van der Waals surface area contributed by atoms with Crippen molar-refractivity contribution < 1.29 is 21.9 Å². The molecule has 0 amide bonds. The second-order valence-electron chi connectivity index (χ2n) is 6.14. The molecule has 3 aliphatic carbocycles. The summed E-state index contributed by atoms with van der Waals surface area (Å²) in [6.07, 6.45) is 2.17. The molecule has 3 fully saturated rings. The molecule has 3 aliphatic rings. The van der Waals surface area contributed by atoms with Crippen molar-refractivity contribution in [2.24, 2.45) is 22.2 Å². The Hall–Kier alpha value is -0.460. The monoisotopic (exact) mass is 260 g/mol. The molecule has 0 aromatic heterocycles. The first-order valence-electron chi connectivity index (χ1n) is 5.83. The summed E-state index contributed by atoms with van der Waals surface area (Å²) in [5.74, 6) is 0.470. The van der Waals surface area contributed by atoms with Gasteiger partial charge in [0.15, 0.2) is 0 Å². The highest BCUT2D eigenvalue weighted by atomic mass is 32.3. The van der Waals surface area contributed by atoms with Crippen LogP contribution in [-0.4, -0.2) is 25.4 Å². The first-order chi connectivity index (χ1) is 7.67. The van der Waals surface area contributed by atoms with Crippen LogP contribution in [0.15, 0.2) is 0 Å². The van der Waals surface area contributed by atoms with Gasteiger partial charge >= 0.3 is 10.4 Å². The lowest BCUT2D eigenvalue weighted by Crippen LogP contribution is -2.51. The van der Waals surface area contributed by atoms with Crippen LogP contribution < -0.4 is 0 Å². The van der Waals surface area contributed by atoms with Crippen molar-refractivity contribution in [2.75, 3.05) is 6.61 Å². The van der Waals surface area contributed by atoms with Crippen molar-refractivity contribution >= 4 is 16.2 Å². The molecule has 3 rings (SSSR count). The van der Waals surface area contributed by atoms with E-state index in [4.69, 9.17) is 4.55 Å². The Labute approximate surface area is 100 Å². The minimum Gasteiger partial charge on any atom is -0.299 e. The molecule has 0 bridgehead atoms. The predicted octanol–water partition coefficient (Wildman–Crippen LogP) is 1.20. The quantitative estimate of drug-likeness (QED) is 0.771. The molecule has 0 aromatic carbocycles. The predicted molar refractivity (Wildman–Crippen MR) is 58.5 cm³/mol. The average Bonchev–Trinajstić information content (AvgIpc) is 2.54. The Kier molecular flexibility index (Phi) is 1.88. The molecule has 0 heterocycles. The van der Waals surface area contributed by atoms with E-state index in [2.05, 4.69) is 18.0 Å². The Morgan fingerprint density at radius 2 is 2.06 bits per heavy atom. The molecule has 17 heavy (non-hydrogen) atoms. The zero-order valence-corrected chi connectivity index (χ0v) is 10.7. The van der Waals surface area contributed by atoms with Crippen LogP contribution in [0.5, 0.6) is 0 Å². The highest BCUT2D eigenvalue weighted by molar-refractivity contribution is 7.80. The van der Waals surface area contributed by atoms with Gasteiger partial charge in [-0.25, -0.2) is 4.18 Å². The van der Waals surface area contributed by atoms with E-state index in [1.165, 1.54) is 0 Å². The maximum absolute atomic E-state index is 12.0. The number of Topliss-reactive ketones (excluding diaryl/α,β-unsaturated/α-hetero) is 1. The summed E-state index contributed by atoms with van der Waals surface area (Å²) >= 11 is 0. The highest BCUT2D eigenvalue weighted by Gasteiger charge is 2.88. The molecule has 2 unspecified atom stereocenters. The average molecular weight is 260 g/mol. The molecule has 0 radical (unpaired) electrons. The number of hydrogen-bond acceptors (Lipinski definition) is 4. The fraction of sp³-hybridized carbons (Fsp3) is 0.909. The Morgan fingerprint density at radius 1 is 1.41 bits per heavy atom. The Bertz CT molecular complexity index is 508. The third kappa shape index (κ3) is 1.07. The molecule has 0 saturated heterocycles. The molecule has 5 nitrogen and oxygen atoms in total. The van der Waals surface area contributed by atoms with Crippen LogP contribution >= 0.6 is 0 Å². The number of hydrogen-bond donors (Lipinski definition) is 1. The number of rotatable bonds is 3. The van der Waals surface area contributed by atoms with E-state index < -0.39 is 15.8 Å². The standard InChI is InChI=1S/C11H16O5S/c1-9(2)7-5-8(12)10(3-4-11(7,9)10)6-16-17(13,14)15/h7H,3-6H2,1-2H3,(H,13,14,15)/t7?,10-,11?/m1/s1. The van der Waals surface area contributed by atoms with Gasteiger partial charge in [0.2, 0.25) is 0 Å². The van der Waals surface area contributed by atoms with Crippen LogP contribution in [0, 0.1) is 22.2 Å². The SMILES string of the molecule is CC1(C)C2CC(=O)[C@]3(COS(=O)(=O)O)CCC213. The Balaban J connectivity index is 1.90. The van der Waals surface area contributed by atoms with E-state index >= 15 is 0 Å².